The second-order valence-electron chi connectivity index (χ2n) is 5.85. The van der Waals surface area contributed by atoms with Gasteiger partial charge in [0, 0.05) is 30.9 Å². The maximum absolute atomic E-state index is 12.3. The Balaban J connectivity index is 1.75. The first-order chi connectivity index (χ1) is 11.3. The number of sulfone groups is 1. The summed E-state index contributed by atoms with van der Waals surface area (Å²) >= 11 is 0. The van der Waals surface area contributed by atoms with Crippen LogP contribution in [-0.2, 0) is 9.84 Å². The molecule has 0 bridgehead atoms. The second-order valence-corrected chi connectivity index (χ2v) is 8.08. The van der Waals surface area contributed by atoms with Crippen LogP contribution in [0.4, 0.5) is 11.6 Å². The first-order valence-electron chi connectivity index (χ1n) is 7.48. The molecular weight excluding hydrogens is 332 g/mol. The van der Waals surface area contributed by atoms with Crippen molar-refractivity contribution >= 4 is 27.4 Å². The summed E-state index contributed by atoms with van der Waals surface area (Å²) < 4.78 is 28.2. The van der Waals surface area contributed by atoms with Crippen molar-refractivity contribution in [1.29, 1.82) is 0 Å². The molecule has 0 aliphatic carbocycles. The van der Waals surface area contributed by atoms with Crippen LogP contribution in [0.3, 0.4) is 0 Å². The van der Waals surface area contributed by atoms with Crippen molar-refractivity contribution in [3.63, 3.8) is 0 Å². The normalized spacial score (nSPS) is 19.2. The summed E-state index contributed by atoms with van der Waals surface area (Å²) in [7, 11) is -1.19. The molecule has 1 fully saturated rings. The van der Waals surface area contributed by atoms with E-state index in [0.29, 0.717) is 29.4 Å². The zero-order valence-electron chi connectivity index (χ0n) is 13.4. The molecule has 24 heavy (non-hydrogen) atoms. The highest BCUT2D eigenvalue weighted by molar-refractivity contribution is 7.91. The Morgan fingerprint density at radius 3 is 2.83 bits per heavy atom. The quantitative estimate of drug-likeness (QED) is 0.884. The summed E-state index contributed by atoms with van der Waals surface area (Å²) in [5.41, 5.74) is 0.411. The minimum absolute atomic E-state index is 0.111. The number of carbonyl (C=O) groups excluding carboxylic acids is 1. The molecule has 0 spiro atoms. The molecule has 0 saturated carbocycles. The molecule has 1 aliphatic rings. The summed E-state index contributed by atoms with van der Waals surface area (Å²) in [5.74, 6) is 1.46. The fraction of sp³-hybridized carbons (Fsp3) is 0.400. The van der Waals surface area contributed by atoms with E-state index in [-0.39, 0.29) is 23.5 Å². The van der Waals surface area contributed by atoms with E-state index in [4.69, 9.17) is 4.52 Å². The molecule has 1 atom stereocenters. The lowest BCUT2D eigenvalue weighted by atomic mass is 10.2. The molecule has 2 aromatic heterocycles. The number of hydrogen-bond donors (Lipinski definition) is 1. The number of aryl methyl sites for hydroxylation is 1. The number of nitrogens with one attached hydrogen (secondary N) is 1. The van der Waals surface area contributed by atoms with Crippen LogP contribution in [0.5, 0.6) is 0 Å². The Bertz CT molecular complexity index is 862. The Kier molecular flexibility index (Phi) is 4.27. The van der Waals surface area contributed by atoms with E-state index in [9.17, 15) is 13.2 Å². The molecule has 8 nitrogen and oxygen atoms in total. The van der Waals surface area contributed by atoms with Gasteiger partial charge in [0.05, 0.1) is 11.5 Å². The van der Waals surface area contributed by atoms with Crippen molar-refractivity contribution in [2.75, 3.05) is 28.8 Å². The molecular formula is C15H18N4O4S. The number of amides is 1. The molecule has 1 N–H and O–H groups in total. The van der Waals surface area contributed by atoms with Crippen LogP contribution in [0.25, 0.3) is 0 Å². The maximum atomic E-state index is 12.3. The summed E-state index contributed by atoms with van der Waals surface area (Å²) in [6, 6.07) is 4.72. The molecule has 2 aromatic rings. The van der Waals surface area contributed by atoms with Gasteiger partial charge < -0.3 is 14.7 Å². The van der Waals surface area contributed by atoms with E-state index < -0.39 is 9.84 Å². The first-order valence-corrected chi connectivity index (χ1v) is 9.30. The van der Waals surface area contributed by atoms with Gasteiger partial charge in [-0.2, -0.15) is 0 Å². The molecule has 0 aromatic carbocycles. The van der Waals surface area contributed by atoms with Gasteiger partial charge in [-0.05, 0) is 25.5 Å². The van der Waals surface area contributed by atoms with Crippen molar-refractivity contribution in [3.05, 3.63) is 35.7 Å². The summed E-state index contributed by atoms with van der Waals surface area (Å²) in [4.78, 5) is 18.3. The maximum Gasteiger partial charge on any atom is 0.257 e. The predicted molar refractivity (Wildman–Crippen MR) is 88.9 cm³/mol. The van der Waals surface area contributed by atoms with Crippen molar-refractivity contribution in [1.82, 2.24) is 10.1 Å². The summed E-state index contributed by atoms with van der Waals surface area (Å²) in [5, 5.41) is 6.36. The van der Waals surface area contributed by atoms with Gasteiger partial charge >= 0.3 is 0 Å². The van der Waals surface area contributed by atoms with Crippen LogP contribution in [-0.4, -0.2) is 49.1 Å². The number of nitrogens with zero attached hydrogens (tertiary/aromatic N) is 3. The first kappa shape index (κ1) is 16.4. The van der Waals surface area contributed by atoms with Gasteiger partial charge in [0.2, 0.25) is 0 Å². The average Bonchev–Trinajstić information content (AvgIpc) is 3.12. The Hall–Kier alpha value is -2.42. The standard InChI is InChI=1S/C15H18N4O4S/c1-10-7-13(18-23-10)17-15(20)11-3-5-16-14(8-11)19(2)12-4-6-24(21,22)9-12/h3,5,7-8,12H,4,6,9H2,1-2H3,(H,17,18,20). The van der Waals surface area contributed by atoms with Gasteiger partial charge in [0.25, 0.3) is 5.91 Å². The van der Waals surface area contributed by atoms with Crippen molar-refractivity contribution in [2.24, 2.45) is 0 Å². The highest BCUT2D eigenvalue weighted by atomic mass is 32.2. The fourth-order valence-corrected chi connectivity index (χ4v) is 4.41. The molecule has 1 amide bonds. The third-order valence-corrected chi connectivity index (χ3v) is 5.75. The molecule has 3 heterocycles. The minimum atomic E-state index is -2.98. The van der Waals surface area contributed by atoms with Crippen molar-refractivity contribution in [3.8, 4) is 0 Å². The van der Waals surface area contributed by atoms with E-state index in [1.807, 2.05) is 4.90 Å². The van der Waals surface area contributed by atoms with E-state index in [2.05, 4.69) is 15.5 Å². The van der Waals surface area contributed by atoms with Crippen LogP contribution < -0.4 is 10.2 Å². The van der Waals surface area contributed by atoms with Gasteiger partial charge in [-0.25, -0.2) is 13.4 Å². The zero-order valence-corrected chi connectivity index (χ0v) is 14.2. The smallest absolute Gasteiger partial charge is 0.257 e. The number of aromatic nitrogens is 2. The number of hydrogen-bond acceptors (Lipinski definition) is 7. The number of carbonyl (C=O) groups is 1. The highest BCUT2D eigenvalue weighted by Crippen LogP contribution is 2.22. The Morgan fingerprint density at radius 1 is 1.42 bits per heavy atom. The Morgan fingerprint density at radius 2 is 2.21 bits per heavy atom. The fourth-order valence-electron chi connectivity index (χ4n) is 2.63. The third-order valence-electron chi connectivity index (χ3n) is 3.99. The topological polar surface area (TPSA) is 105 Å². The second kappa shape index (κ2) is 6.23. The third kappa shape index (κ3) is 3.56. The highest BCUT2D eigenvalue weighted by Gasteiger charge is 2.31. The summed E-state index contributed by atoms with van der Waals surface area (Å²) in [6.45, 7) is 1.73. The van der Waals surface area contributed by atoms with E-state index in [1.165, 1.54) is 6.20 Å². The summed E-state index contributed by atoms with van der Waals surface area (Å²) in [6.07, 6.45) is 2.09. The van der Waals surface area contributed by atoms with Crippen molar-refractivity contribution < 1.29 is 17.7 Å². The predicted octanol–water partition coefficient (Wildman–Crippen LogP) is 1.25. The van der Waals surface area contributed by atoms with Crippen molar-refractivity contribution in [2.45, 2.75) is 19.4 Å². The average molecular weight is 350 g/mol. The molecule has 1 saturated heterocycles. The van der Waals surface area contributed by atoms with Crippen LogP contribution in [0.1, 0.15) is 22.5 Å². The van der Waals surface area contributed by atoms with Gasteiger partial charge in [0.15, 0.2) is 15.7 Å². The van der Waals surface area contributed by atoms with Crippen LogP contribution >= 0.6 is 0 Å². The monoisotopic (exact) mass is 350 g/mol. The zero-order chi connectivity index (χ0) is 17.3. The van der Waals surface area contributed by atoms with E-state index in [1.54, 1.807) is 32.2 Å². The van der Waals surface area contributed by atoms with Gasteiger partial charge in [0.1, 0.15) is 11.6 Å². The molecule has 128 valence electrons. The van der Waals surface area contributed by atoms with Crippen LogP contribution in [0.2, 0.25) is 0 Å². The number of pyridine rings is 1. The molecule has 3 rings (SSSR count). The molecule has 0 radical (unpaired) electrons. The molecule has 9 heteroatoms. The lowest BCUT2D eigenvalue weighted by molar-refractivity contribution is 0.102. The lowest BCUT2D eigenvalue weighted by Crippen LogP contribution is -2.33. The number of anilines is 2. The Labute approximate surface area is 139 Å². The van der Waals surface area contributed by atoms with E-state index >= 15 is 0 Å². The van der Waals surface area contributed by atoms with Crippen LogP contribution in [0, 0.1) is 6.92 Å². The van der Waals surface area contributed by atoms with Gasteiger partial charge in [-0.3, -0.25) is 4.79 Å². The minimum Gasteiger partial charge on any atom is -0.360 e. The van der Waals surface area contributed by atoms with Gasteiger partial charge in [-0.1, -0.05) is 5.16 Å². The SMILES string of the molecule is Cc1cc(NC(=O)c2ccnc(N(C)C3CCS(=O)(=O)C3)c2)no1. The van der Waals surface area contributed by atoms with E-state index in [0.717, 1.165) is 0 Å². The lowest BCUT2D eigenvalue weighted by Gasteiger charge is -2.24. The largest absolute Gasteiger partial charge is 0.360 e. The molecule has 1 unspecified atom stereocenters. The van der Waals surface area contributed by atoms with Gasteiger partial charge in [-0.15, -0.1) is 0 Å². The number of rotatable bonds is 4. The molecule has 1 aliphatic heterocycles. The van der Waals surface area contributed by atoms with Crippen LogP contribution in [0.15, 0.2) is 28.9 Å².